The van der Waals surface area contributed by atoms with Gasteiger partial charge < -0.3 is 4.90 Å². The van der Waals surface area contributed by atoms with Gasteiger partial charge >= 0.3 is 0 Å². The van der Waals surface area contributed by atoms with E-state index < -0.39 is 0 Å². The van der Waals surface area contributed by atoms with Crippen LogP contribution in [0.15, 0.2) is 12.3 Å². The van der Waals surface area contributed by atoms with E-state index in [2.05, 4.69) is 0 Å². The molecular formula is C6H11NO. The first-order chi connectivity index (χ1) is 3.63. The molecule has 0 rings (SSSR count). The Balaban J connectivity index is 3.50. The van der Waals surface area contributed by atoms with Crippen molar-refractivity contribution in [2.75, 3.05) is 14.1 Å². The summed E-state index contributed by atoms with van der Waals surface area (Å²) in [6, 6.07) is 0. The molecule has 0 amide bonds. The molecule has 0 aromatic carbocycles. The van der Waals surface area contributed by atoms with E-state index in [1.807, 2.05) is 19.0 Å². The lowest BCUT2D eigenvalue weighted by molar-refractivity contribution is -0.112. The molecule has 0 heterocycles. The van der Waals surface area contributed by atoms with Gasteiger partial charge in [0.2, 0.25) is 0 Å². The topological polar surface area (TPSA) is 20.3 Å². The maximum Gasteiger partial charge on any atom is 0.154 e. The van der Waals surface area contributed by atoms with Crippen LogP contribution in [-0.2, 0) is 4.79 Å². The minimum absolute atomic E-state index is 0.0821. The summed E-state index contributed by atoms with van der Waals surface area (Å²) in [6.07, 6.45) is 3.25. The van der Waals surface area contributed by atoms with E-state index in [4.69, 9.17) is 0 Å². The number of ketones is 1. The second kappa shape index (κ2) is 3.24. The molecule has 0 radical (unpaired) electrons. The third kappa shape index (κ3) is 5.21. The molecule has 0 aliphatic carbocycles. The second-order valence-corrected chi connectivity index (χ2v) is 1.89. The minimum atomic E-state index is 0.0821. The van der Waals surface area contributed by atoms with Crippen LogP contribution in [0.3, 0.4) is 0 Å². The number of hydrogen-bond acceptors (Lipinski definition) is 2. The lowest BCUT2D eigenvalue weighted by atomic mass is 10.4. The number of carbonyl (C=O) groups excluding carboxylic acids is 1. The monoisotopic (exact) mass is 113 g/mol. The highest BCUT2D eigenvalue weighted by Crippen LogP contribution is 1.77. The molecule has 0 spiro atoms. The van der Waals surface area contributed by atoms with Crippen molar-refractivity contribution in [2.45, 2.75) is 6.92 Å². The van der Waals surface area contributed by atoms with Crippen molar-refractivity contribution < 1.29 is 4.79 Å². The van der Waals surface area contributed by atoms with Crippen LogP contribution in [0.1, 0.15) is 6.92 Å². The molecule has 0 aliphatic rings. The van der Waals surface area contributed by atoms with Crippen molar-refractivity contribution in [3.63, 3.8) is 0 Å². The molecule has 0 aliphatic heterocycles. The van der Waals surface area contributed by atoms with Crippen molar-refractivity contribution in [2.24, 2.45) is 0 Å². The molecule has 0 saturated carbocycles. The van der Waals surface area contributed by atoms with Crippen LogP contribution in [0.25, 0.3) is 0 Å². The van der Waals surface area contributed by atoms with Crippen LogP contribution in [0.4, 0.5) is 0 Å². The molecule has 0 bridgehead atoms. The van der Waals surface area contributed by atoms with Gasteiger partial charge in [0, 0.05) is 20.3 Å². The lowest BCUT2D eigenvalue weighted by Gasteiger charge is -2.00. The number of rotatable bonds is 2. The lowest BCUT2D eigenvalue weighted by Crippen LogP contribution is -2.01. The minimum Gasteiger partial charge on any atom is -0.383 e. The molecule has 46 valence electrons. The van der Waals surface area contributed by atoms with Gasteiger partial charge in [-0.2, -0.15) is 0 Å². The maximum absolute atomic E-state index is 10.2. The summed E-state index contributed by atoms with van der Waals surface area (Å²) >= 11 is 0. The predicted octanol–water partition coefficient (Wildman–Crippen LogP) is 0.651. The van der Waals surface area contributed by atoms with Gasteiger partial charge in [-0.3, -0.25) is 4.79 Å². The SMILES string of the molecule is CC(=O)/C=C\N(C)C. The van der Waals surface area contributed by atoms with Gasteiger partial charge in [0.1, 0.15) is 0 Å². The van der Waals surface area contributed by atoms with E-state index in [9.17, 15) is 4.79 Å². The van der Waals surface area contributed by atoms with Crippen LogP contribution >= 0.6 is 0 Å². The Hall–Kier alpha value is -0.790. The smallest absolute Gasteiger partial charge is 0.154 e. The molecule has 0 saturated heterocycles. The Bertz CT molecular complexity index is 105. The molecule has 0 fully saturated rings. The van der Waals surface area contributed by atoms with Gasteiger partial charge in [-0.05, 0) is 13.0 Å². The standard InChI is InChI=1S/C6H11NO/c1-6(8)4-5-7(2)3/h4-5H,1-3H3/b5-4-. The molecule has 0 N–H and O–H groups in total. The normalized spacial score (nSPS) is 9.88. The Morgan fingerprint density at radius 2 is 2.00 bits per heavy atom. The van der Waals surface area contributed by atoms with E-state index in [0.717, 1.165) is 0 Å². The number of hydrogen-bond donors (Lipinski definition) is 0. The highest BCUT2D eigenvalue weighted by Gasteiger charge is 1.79. The van der Waals surface area contributed by atoms with Crippen LogP contribution in [0.2, 0.25) is 0 Å². The van der Waals surface area contributed by atoms with Gasteiger partial charge in [-0.1, -0.05) is 0 Å². The first-order valence-electron chi connectivity index (χ1n) is 2.48. The first-order valence-corrected chi connectivity index (χ1v) is 2.48. The molecule has 0 aromatic rings. The Morgan fingerprint density at radius 3 is 2.12 bits per heavy atom. The molecule has 2 nitrogen and oxygen atoms in total. The second-order valence-electron chi connectivity index (χ2n) is 1.89. The highest BCUT2D eigenvalue weighted by atomic mass is 16.1. The molecule has 8 heavy (non-hydrogen) atoms. The average molecular weight is 113 g/mol. The zero-order chi connectivity index (χ0) is 6.57. The Kier molecular flexibility index (Phi) is 2.92. The van der Waals surface area contributed by atoms with E-state index in [-0.39, 0.29) is 5.78 Å². The Labute approximate surface area is 49.8 Å². The van der Waals surface area contributed by atoms with E-state index in [1.54, 1.807) is 6.20 Å². The molecule has 0 unspecified atom stereocenters. The van der Waals surface area contributed by atoms with Crippen molar-refractivity contribution >= 4 is 5.78 Å². The van der Waals surface area contributed by atoms with Gasteiger partial charge in [-0.15, -0.1) is 0 Å². The summed E-state index contributed by atoms with van der Waals surface area (Å²) in [7, 11) is 3.75. The summed E-state index contributed by atoms with van der Waals surface area (Å²) in [5, 5.41) is 0. The fourth-order valence-electron chi connectivity index (χ4n) is 0.254. The van der Waals surface area contributed by atoms with Crippen LogP contribution in [0, 0.1) is 0 Å². The fraction of sp³-hybridized carbons (Fsp3) is 0.500. The summed E-state index contributed by atoms with van der Waals surface area (Å²) in [5.41, 5.74) is 0. The van der Waals surface area contributed by atoms with Crippen LogP contribution < -0.4 is 0 Å². The third-order valence-corrected chi connectivity index (χ3v) is 0.607. The first kappa shape index (κ1) is 7.21. The highest BCUT2D eigenvalue weighted by molar-refractivity contribution is 5.87. The largest absolute Gasteiger partial charge is 0.383 e. The van der Waals surface area contributed by atoms with Crippen molar-refractivity contribution in [3.05, 3.63) is 12.3 Å². The molecule has 0 atom stereocenters. The molecular weight excluding hydrogens is 102 g/mol. The quantitative estimate of drug-likeness (QED) is 0.490. The van der Waals surface area contributed by atoms with Gasteiger partial charge in [0.05, 0.1) is 0 Å². The number of allylic oxidation sites excluding steroid dienone is 1. The molecule has 2 heteroatoms. The summed E-state index contributed by atoms with van der Waals surface area (Å²) in [5.74, 6) is 0.0821. The van der Waals surface area contributed by atoms with E-state index in [0.29, 0.717) is 0 Å². The number of nitrogens with zero attached hydrogens (tertiary/aromatic N) is 1. The van der Waals surface area contributed by atoms with Crippen LogP contribution in [0.5, 0.6) is 0 Å². The fourth-order valence-corrected chi connectivity index (χ4v) is 0.254. The van der Waals surface area contributed by atoms with Gasteiger partial charge in [0.25, 0.3) is 0 Å². The zero-order valence-electron chi connectivity index (χ0n) is 5.51. The van der Waals surface area contributed by atoms with Gasteiger partial charge in [0.15, 0.2) is 5.78 Å². The molecule has 0 aromatic heterocycles. The Morgan fingerprint density at radius 1 is 1.50 bits per heavy atom. The van der Waals surface area contributed by atoms with Gasteiger partial charge in [-0.25, -0.2) is 0 Å². The number of carbonyl (C=O) groups is 1. The van der Waals surface area contributed by atoms with E-state index in [1.165, 1.54) is 13.0 Å². The van der Waals surface area contributed by atoms with Crippen molar-refractivity contribution in [1.82, 2.24) is 4.90 Å². The summed E-state index contributed by atoms with van der Waals surface area (Å²) < 4.78 is 0. The van der Waals surface area contributed by atoms with Crippen LogP contribution in [-0.4, -0.2) is 24.8 Å². The summed E-state index contributed by atoms with van der Waals surface area (Å²) in [6.45, 7) is 1.53. The average Bonchev–Trinajstić information content (AvgIpc) is 1.61. The van der Waals surface area contributed by atoms with Crippen molar-refractivity contribution in [1.29, 1.82) is 0 Å². The van der Waals surface area contributed by atoms with E-state index >= 15 is 0 Å². The summed E-state index contributed by atoms with van der Waals surface area (Å²) in [4.78, 5) is 12.1. The zero-order valence-corrected chi connectivity index (χ0v) is 5.51. The third-order valence-electron chi connectivity index (χ3n) is 0.607. The van der Waals surface area contributed by atoms with Crippen molar-refractivity contribution in [3.8, 4) is 0 Å². The maximum atomic E-state index is 10.2. The predicted molar refractivity (Wildman–Crippen MR) is 33.5 cm³/mol.